The number of thiazole rings is 1. The molecule has 18 heavy (non-hydrogen) atoms. The molecule has 1 aliphatic heterocycles. The van der Waals surface area contributed by atoms with Crippen molar-refractivity contribution in [1.82, 2.24) is 4.98 Å². The summed E-state index contributed by atoms with van der Waals surface area (Å²) >= 11 is 1.60. The molecule has 5 heteroatoms. The lowest BCUT2D eigenvalue weighted by Gasteiger charge is -2.16. The van der Waals surface area contributed by atoms with E-state index in [4.69, 9.17) is 9.47 Å². The van der Waals surface area contributed by atoms with Gasteiger partial charge in [0.25, 0.3) is 0 Å². The third-order valence-electron chi connectivity index (χ3n) is 2.61. The Morgan fingerprint density at radius 2 is 2.11 bits per heavy atom. The molecular formula is C13H14N2O2S. The highest BCUT2D eigenvalue weighted by Gasteiger charge is 2.31. The molecule has 0 fully saturated rings. The molecule has 94 valence electrons. The molecule has 2 heterocycles. The van der Waals surface area contributed by atoms with E-state index in [0.29, 0.717) is 6.54 Å². The van der Waals surface area contributed by atoms with E-state index in [2.05, 4.69) is 10.3 Å². The molecule has 1 aromatic heterocycles. The number of nitrogens with one attached hydrogen (secondary N) is 1. The second-order valence-corrected chi connectivity index (χ2v) is 5.32. The SMILES string of the molecule is CC1(C)Oc2ccc(NCc3cscn3)cc2O1. The predicted octanol–water partition coefficient (Wildman–Crippen LogP) is 3.26. The fourth-order valence-electron chi connectivity index (χ4n) is 1.85. The first-order valence-corrected chi connectivity index (χ1v) is 6.70. The van der Waals surface area contributed by atoms with Crippen LogP contribution < -0.4 is 14.8 Å². The summed E-state index contributed by atoms with van der Waals surface area (Å²) in [6.45, 7) is 4.51. The topological polar surface area (TPSA) is 43.4 Å². The normalized spacial score (nSPS) is 15.7. The molecule has 1 aliphatic rings. The molecule has 0 radical (unpaired) electrons. The number of anilines is 1. The van der Waals surface area contributed by atoms with Crippen LogP contribution in [0.2, 0.25) is 0 Å². The number of benzene rings is 1. The molecule has 0 bridgehead atoms. The minimum atomic E-state index is -0.574. The van der Waals surface area contributed by atoms with Gasteiger partial charge < -0.3 is 14.8 Å². The molecule has 0 atom stereocenters. The van der Waals surface area contributed by atoms with Gasteiger partial charge in [0, 0.05) is 31.0 Å². The largest absolute Gasteiger partial charge is 0.449 e. The first kappa shape index (κ1) is 11.3. The molecule has 0 unspecified atom stereocenters. The molecule has 0 saturated heterocycles. The highest BCUT2D eigenvalue weighted by Crippen LogP contribution is 2.40. The fourth-order valence-corrected chi connectivity index (χ4v) is 2.41. The lowest BCUT2D eigenvalue weighted by Crippen LogP contribution is -2.29. The van der Waals surface area contributed by atoms with E-state index in [9.17, 15) is 0 Å². The average molecular weight is 262 g/mol. The smallest absolute Gasteiger partial charge is 0.246 e. The molecule has 1 aromatic carbocycles. The fraction of sp³-hybridized carbons (Fsp3) is 0.308. The van der Waals surface area contributed by atoms with Gasteiger partial charge in [-0.1, -0.05) is 0 Å². The van der Waals surface area contributed by atoms with Gasteiger partial charge in [0.2, 0.25) is 5.79 Å². The van der Waals surface area contributed by atoms with Crippen molar-refractivity contribution in [1.29, 1.82) is 0 Å². The summed E-state index contributed by atoms with van der Waals surface area (Å²) in [5.41, 5.74) is 3.88. The molecule has 0 saturated carbocycles. The van der Waals surface area contributed by atoms with Gasteiger partial charge >= 0.3 is 0 Å². The molecule has 4 nitrogen and oxygen atoms in total. The van der Waals surface area contributed by atoms with E-state index in [1.807, 2.05) is 42.9 Å². The van der Waals surface area contributed by atoms with Crippen molar-refractivity contribution in [2.75, 3.05) is 5.32 Å². The Balaban J connectivity index is 1.72. The van der Waals surface area contributed by atoms with Crippen LogP contribution in [-0.2, 0) is 6.54 Å². The quantitative estimate of drug-likeness (QED) is 0.922. The van der Waals surface area contributed by atoms with E-state index in [0.717, 1.165) is 22.9 Å². The van der Waals surface area contributed by atoms with Crippen LogP contribution in [0.3, 0.4) is 0 Å². The van der Waals surface area contributed by atoms with Gasteiger partial charge in [0.15, 0.2) is 11.5 Å². The van der Waals surface area contributed by atoms with Crippen molar-refractivity contribution in [3.8, 4) is 11.5 Å². The van der Waals surface area contributed by atoms with Crippen molar-refractivity contribution in [2.24, 2.45) is 0 Å². The van der Waals surface area contributed by atoms with Crippen LogP contribution in [0.1, 0.15) is 19.5 Å². The zero-order valence-corrected chi connectivity index (χ0v) is 11.1. The summed E-state index contributed by atoms with van der Waals surface area (Å²) in [5.74, 6) is 0.998. The van der Waals surface area contributed by atoms with E-state index in [1.165, 1.54) is 0 Å². The summed E-state index contributed by atoms with van der Waals surface area (Å²) in [4.78, 5) is 4.23. The minimum absolute atomic E-state index is 0.574. The maximum Gasteiger partial charge on any atom is 0.246 e. The van der Waals surface area contributed by atoms with E-state index >= 15 is 0 Å². The number of ether oxygens (including phenoxy) is 2. The second-order valence-electron chi connectivity index (χ2n) is 4.60. The Bertz CT molecular complexity index is 552. The maximum absolute atomic E-state index is 5.70. The Morgan fingerprint density at radius 3 is 2.89 bits per heavy atom. The molecule has 0 amide bonds. The van der Waals surface area contributed by atoms with Crippen molar-refractivity contribution in [3.63, 3.8) is 0 Å². The van der Waals surface area contributed by atoms with Gasteiger partial charge in [0.1, 0.15) is 0 Å². The maximum atomic E-state index is 5.70. The van der Waals surface area contributed by atoms with Crippen LogP contribution in [0.15, 0.2) is 29.1 Å². The van der Waals surface area contributed by atoms with Gasteiger partial charge in [0.05, 0.1) is 17.7 Å². The van der Waals surface area contributed by atoms with Crippen molar-refractivity contribution < 1.29 is 9.47 Å². The third kappa shape index (κ3) is 2.26. The van der Waals surface area contributed by atoms with Crippen LogP contribution in [0, 0.1) is 0 Å². The van der Waals surface area contributed by atoms with Gasteiger partial charge in [-0.3, -0.25) is 0 Å². The number of nitrogens with zero attached hydrogens (tertiary/aromatic N) is 1. The first-order valence-electron chi connectivity index (χ1n) is 5.75. The van der Waals surface area contributed by atoms with Gasteiger partial charge in [-0.25, -0.2) is 4.98 Å². The Morgan fingerprint density at radius 1 is 1.28 bits per heavy atom. The summed E-state index contributed by atoms with van der Waals surface area (Å²) in [6.07, 6.45) is 0. The molecule has 0 aliphatic carbocycles. The van der Waals surface area contributed by atoms with Crippen molar-refractivity contribution in [3.05, 3.63) is 34.8 Å². The lowest BCUT2D eigenvalue weighted by molar-refractivity contribution is -0.0431. The van der Waals surface area contributed by atoms with Crippen LogP contribution in [0.5, 0.6) is 11.5 Å². The Kier molecular flexibility index (Phi) is 2.63. The number of hydrogen-bond acceptors (Lipinski definition) is 5. The van der Waals surface area contributed by atoms with Gasteiger partial charge in [-0.05, 0) is 12.1 Å². The third-order valence-corrected chi connectivity index (χ3v) is 3.25. The first-order chi connectivity index (χ1) is 8.62. The monoisotopic (exact) mass is 262 g/mol. The number of aromatic nitrogens is 1. The highest BCUT2D eigenvalue weighted by atomic mass is 32.1. The zero-order valence-electron chi connectivity index (χ0n) is 10.3. The standard InChI is InChI=1S/C13H14N2O2S/c1-13(2)16-11-4-3-9(5-12(11)17-13)14-6-10-7-18-8-15-10/h3-5,7-8,14H,6H2,1-2H3. The predicted molar refractivity (Wildman–Crippen MR) is 71.2 cm³/mol. The van der Waals surface area contributed by atoms with E-state index in [-0.39, 0.29) is 0 Å². The van der Waals surface area contributed by atoms with Crippen molar-refractivity contribution in [2.45, 2.75) is 26.2 Å². The van der Waals surface area contributed by atoms with Crippen LogP contribution in [0.25, 0.3) is 0 Å². The molecular weight excluding hydrogens is 248 g/mol. The summed E-state index contributed by atoms with van der Waals surface area (Å²) in [5, 5.41) is 5.34. The van der Waals surface area contributed by atoms with Crippen LogP contribution >= 0.6 is 11.3 Å². The highest BCUT2D eigenvalue weighted by molar-refractivity contribution is 7.07. The molecule has 3 rings (SSSR count). The average Bonchev–Trinajstić information content (AvgIpc) is 2.90. The zero-order chi connectivity index (χ0) is 12.6. The van der Waals surface area contributed by atoms with Crippen molar-refractivity contribution >= 4 is 17.0 Å². The Hall–Kier alpha value is -1.75. The second kappa shape index (κ2) is 4.17. The molecule has 2 aromatic rings. The summed E-state index contributed by atoms with van der Waals surface area (Å²) < 4.78 is 11.3. The van der Waals surface area contributed by atoms with Gasteiger partial charge in [-0.2, -0.15) is 0 Å². The van der Waals surface area contributed by atoms with Gasteiger partial charge in [-0.15, -0.1) is 11.3 Å². The molecule has 0 spiro atoms. The summed E-state index contributed by atoms with van der Waals surface area (Å²) in [6, 6.07) is 5.86. The Labute approximate surface area is 110 Å². The van der Waals surface area contributed by atoms with Crippen LogP contribution in [0.4, 0.5) is 5.69 Å². The minimum Gasteiger partial charge on any atom is -0.449 e. The van der Waals surface area contributed by atoms with Crippen LogP contribution in [-0.4, -0.2) is 10.8 Å². The number of fused-ring (bicyclic) bond motifs is 1. The van der Waals surface area contributed by atoms with E-state index < -0.39 is 5.79 Å². The lowest BCUT2D eigenvalue weighted by atomic mass is 10.2. The molecule has 1 N–H and O–H groups in total. The number of rotatable bonds is 3. The van der Waals surface area contributed by atoms with E-state index in [1.54, 1.807) is 11.3 Å². The number of hydrogen-bond donors (Lipinski definition) is 1. The summed E-state index contributed by atoms with van der Waals surface area (Å²) in [7, 11) is 0.